The number of benzene rings is 1. The molecule has 0 radical (unpaired) electrons. The number of nitrogens with two attached hydrogens (primary N) is 1. The Hall–Kier alpha value is -3.81. The second-order valence-electron chi connectivity index (χ2n) is 11.2. The largest absolute Gasteiger partial charge is 0.387 e. The van der Waals surface area contributed by atoms with E-state index in [0.29, 0.717) is 48.5 Å². The molecule has 0 unspecified atom stereocenters. The number of anilines is 2. The highest BCUT2D eigenvalue weighted by atomic mass is 32.2. The van der Waals surface area contributed by atoms with Crippen molar-refractivity contribution in [2.24, 2.45) is 5.14 Å². The van der Waals surface area contributed by atoms with Crippen molar-refractivity contribution in [3.05, 3.63) is 42.0 Å². The normalized spacial score (nSPS) is 24.2. The molecule has 18 heteroatoms. The zero-order valence-electron chi connectivity index (χ0n) is 24.6. The van der Waals surface area contributed by atoms with Crippen LogP contribution in [0.5, 0.6) is 0 Å². The minimum absolute atomic E-state index is 0.0537. The predicted molar refractivity (Wildman–Crippen MR) is 158 cm³/mol. The average Bonchev–Trinajstić information content (AvgIpc) is 3.80. The van der Waals surface area contributed by atoms with Gasteiger partial charge in [-0.15, -0.1) is 10.2 Å². The van der Waals surface area contributed by atoms with Gasteiger partial charge < -0.3 is 30.1 Å². The maximum absolute atomic E-state index is 11.6. The SMILES string of the molecule is CCn1nnc([C@H]2O[C@@H](n3cnc4c(NCCc5ccc(S(N)(=O)=O)cc5)nc(N5CC[C@@H](N(C)C)C5)nc43)[C@H](O)[C@@H]2O)n1. The Morgan fingerprint density at radius 3 is 2.59 bits per heavy atom. The molecule has 6 rings (SSSR count). The topological polar surface area (TPSA) is 216 Å². The summed E-state index contributed by atoms with van der Waals surface area (Å²) in [6.07, 6.45) is -1.60. The molecule has 5 heterocycles. The minimum Gasteiger partial charge on any atom is -0.387 e. The van der Waals surface area contributed by atoms with Crippen molar-refractivity contribution in [1.29, 1.82) is 0 Å². The van der Waals surface area contributed by atoms with E-state index in [1.54, 1.807) is 16.7 Å². The van der Waals surface area contributed by atoms with Gasteiger partial charge in [-0.1, -0.05) is 12.1 Å². The van der Waals surface area contributed by atoms with Crippen LogP contribution in [0.25, 0.3) is 11.2 Å². The molecule has 2 aliphatic rings. The second kappa shape index (κ2) is 11.9. The Morgan fingerprint density at radius 2 is 1.93 bits per heavy atom. The van der Waals surface area contributed by atoms with E-state index in [0.717, 1.165) is 25.1 Å². The monoisotopic (exact) mass is 628 g/mol. The first-order chi connectivity index (χ1) is 21.0. The molecule has 2 fully saturated rings. The molecule has 0 saturated carbocycles. The number of hydrogen-bond acceptors (Lipinski definition) is 14. The highest BCUT2D eigenvalue weighted by Crippen LogP contribution is 2.39. The number of imidazole rings is 1. The summed E-state index contributed by atoms with van der Waals surface area (Å²) in [5, 5.41) is 42.6. The number of aliphatic hydroxyl groups excluding tert-OH is 2. The zero-order chi connectivity index (χ0) is 31.2. The van der Waals surface area contributed by atoms with Gasteiger partial charge in [0.05, 0.1) is 17.8 Å². The molecule has 1 aromatic carbocycles. The lowest BCUT2D eigenvalue weighted by atomic mass is 10.1. The van der Waals surface area contributed by atoms with Crippen LogP contribution in [-0.2, 0) is 27.7 Å². The molecule has 4 aromatic rings. The Labute approximate surface area is 253 Å². The fourth-order valence-electron chi connectivity index (χ4n) is 5.48. The molecule has 17 nitrogen and oxygen atoms in total. The van der Waals surface area contributed by atoms with Crippen molar-refractivity contribution < 1.29 is 23.4 Å². The number of fused-ring (bicyclic) bond motifs is 1. The number of ether oxygens (including phenoxy) is 1. The van der Waals surface area contributed by atoms with Gasteiger partial charge in [0.25, 0.3) is 0 Å². The molecule has 0 bridgehead atoms. The van der Waals surface area contributed by atoms with Crippen molar-refractivity contribution in [3.63, 3.8) is 0 Å². The predicted octanol–water partition coefficient (Wildman–Crippen LogP) is -0.733. The third kappa shape index (κ3) is 5.83. The molecule has 0 aliphatic carbocycles. The molecule has 2 saturated heterocycles. The first-order valence-electron chi connectivity index (χ1n) is 14.3. The number of rotatable bonds is 10. The van der Waals surface area contributed by atoms with Crippen molar-refractivity contribution >= 4 is 33.0 Å². The van der Waals surface area contributed by atoms with Crippen LogP contribution >= 0.6 is 0 Å². The van der Waals surface area contributed by atoms with Gasteiger partial charge in [0.1, 0.15) is 12.2 Å². The number of tetrazole rings is 1. The van der Waals surface area contributed by atoms with Crippen LogP contribution in [0.1, 0.15) is 37.1 Å². The first kappa shape index (κ1) is 30.2. The summed E-state index contributed by atoms with van der Waals surface area (Å²) in [5.74, 6) is 1.17. The van der Waals surface area contributed by atoms with E-state index in [1.165, 1.54) is 23.3 Å². The lowest BCUT2D eigenvalue weighted by molar-refractivity contribution is -0.0384. The molecule has 44 heavy (non-hydrogen) atoms. The Balaban J connectivity index is 1.29. The first-order valence-corrected chi connectivity index (χ1v) is 15.9. The Bertz CT molecular complexity index is 1730. The number of nitrogens with one attached hydrogen (secondary N) is 1. The summed E-state index contributed by atoms with van der Waals surface area (Å²) in [6.45, 7) is 4.33. The Kier molecular flexibility index (Phi) is 8.20. The van der Waals surface area contributed by atoms with Crippen LogP contribution in [-0.4, -0.2) is 115 Å². The molecule has 5 atom stereocenters. The average molecular weight is 629 g/mol. The lowest BCUT2D eigenvalue weighted by Crippen LogP contribution is -2.32. The van der Waals surface area contributed by atoms with Gasteiger partial charge in [0, 0.05) is 25.7 Å². The molecular weight excluding hydrogens is 592 g/mol. The standard InChI is InChI=1S/C26H36N12O5S/c1-4-38-33-23(32-34-38)21-19(39)20(40)25(43-21)37-14-29-18-22(28-11-9-15-5-7-17(8-6-15)44(27,41)42)30-26(31-24(18)37)36-12-10-16(13-36)35(2)3/h5-8,14,16,19-21,25,39-40H,4,9-13H2,1-3H3,(H2,27,41,42)(H,28,30,31)/t16-,19+,20-,21+,25-/m1/s1. The van der Waals surface area contributed by atoms with Crippen molar-refractivity contribution in [2.75, 3.05) is 43.9 Å². The van der Waals surface area contributed by atoms with Crippen molar-refractivity contribution in [2.45, 2.75) is 61.8 Å². The molecule has 0 amide bonds. The van der Waals surface area contributed by atoms with Gasteiger partial charge in [0.2, 0.25) is 21.8 Å². The second-order valence-corrected chi connectivity index (χ2v) is 12.7. The van der Waals surface area contributed by atoms with Crippen LogP contribution in [0, 0.1) is 0 Å². The van der Waals surface area contributed by atoms with E-state index in [2.05, 4.69) is 35.5 Å². The summed E-state index contributed by atoms with van der Waals surface area (Å²) in [7, 11) is 0.325. The maximum Gasteiger partial charge on any atom is 0.238 e. The third-order valence-corrected chi connectivity index (χ3v) is 8.99. The van der Waals surface area contributed by atoms with Gasteiger partial charge in [-0.05, 0) is 56.8 Å². The van der Waals surface area contributed by atoms with Gasteiger partial charge in [-0.25, -0.2) is 18.5 Å². The molecule has 3 aromatic heterocycles. The van der Waals surface area contributed by atoms with Crippen molar-refractivity contribution in [3.8, 4) is 0 Å². The van der Waals surface area contributed by atoms with Gasteiger partial charge >= 0.3 is 0 Å². The smallest absolute Gasteiger partial charge is 0.238 e. The number of likely N-dealkylation sites (N-methyl/N-ethyl adjacent to an activating group) is 1. The fraction of sp³-hybridized carbons (Fsp3) is 0.538. The maximum atomic E-state index is 11.6. The molecule has 5 N–H and O–H groups in total. The van der Waals surface area contributed by atoms with Crippen LogP contribution in [0.3, 0.4) is 0 Å². The lowest BCUT2D eigenvalue weighted by Gasteiger charge is -2.21. The number of primary sulfonamides is 1. The van der Waals surface area contributed by atoms with Gasteiger partial charge in [-0.2, -0.15) is 14.8 Å². The molecular formula is C26H36N12O5S. The fourth-order valence-corrected chi connectivity index (χ4v) is 5.99. The number of nitrogens with zero attached hydrogens (tertiary/aromatic N) is 10. The van der Waals surface area contributed by atoms with Gasteiger partial charge in [-0.3, -0.25) is 4.57 Å². The number of aryl methyl sites for hydroxylation is 1. The number of aliphatic hydroxyl groups is 2. The third-order valence-electron chi connectivity index (χ3n) is 8.06. The number of sulfonamides is 1. The highest BCUT2D eigenvalue weighted by molar-refractivity contribution is 7.89. The van der Waals surface area contributed by atoms with E-state index < -0.39 is 34.6 Å². The minimum atomic E-state index is -3.77. The van der Waals surface area contributed by atoms with Crippen LogP contribution in [0.2, 0.25) is 0 Å². The van der Waals surface area contributed by atoms with E-state index in [-0.39, 0.29) is 10.7 Å². The van der Waals surface area contributed by atoms with E-state index >= 15 is 0 Å². The molecule has 2 aliphatic heterocycles. The zero-order valence-corrected chi connectivity index (χ0v) is 25.4. The van der Waals surface area contributed by atoms with Crippen LogP contribution < -0.4 is 15.4 Å². The van der Waals surface area contributed by atoms with E-state index in [9.17, 15) is 18.6 Å². The van der Waals surface area contributed by atoms with E-state index in [4.69, 9.17) is 19.8 Å². The number of aromatic nitrogens is 8. The molecule has 236 valence electrons. The summed E-state index contributed by atoms with van der Waals surface area (Å²) in [5.41, 5.74) is 1.79. The summed E-state index contributed by atoms with van der Waals surface area (Å²) in [4.78, 5) is 20.0. The quantitative estimate of drug-likeness (QED) is 0.170. The van der Waals surface area contributed by atoms with E-state index in [1.807, 2.05) is 21.0 Å². The highest BCUT2D eigenvalue weighted by Gasteiger charge is 2.47. The summed E-state index contributed by atoms with van der Waals surface area (Å²) < 4.78 is 30.9. The van der Waals surface area contributed by atoms with Gasteiger partial charge in [0.15, 0.2) is 29.3 Å². The number of hydrogen-bond donors (Lipinski definition) is 4. The Morgan fingerprint density at radius 1 is 1.16 bits per heavy atom. The van der Waals surface area contributed by atoms with Crippen molar-refractivity contribution in [1.82, 2.24) is 44.6 Å². The molecule has 0 spiro atoms. The van der Waals surface area contributed by atoms with Crippen LogP contribution in [0.15, 0.2) is 35.5 Å². The summed E-state index contributed by atoms with van der Waals surface area (Å²) >= 11 is 0. The van der Waals surface area contributed by atoms with Crippen LogP contribution in [0.4, 0.5) is 11.8 Å². The summed E-state index contributed by atoms with van der Waals surface area (Å²) in [6, 6.07) is 6.74.